The summed E-state index contributed by atoms with van der Waals surface area (Å²) in [6.45, 7) is 10.8. The molecule has 0 aliphatic carbocycles. The van der Waals surface area contributed by atoms with Crippen LogP contribution in [0.3, 0.4) is 0 Å². The molecule has 0 atom stereocenters. The first kappa shape index (κ1) is 17.9. The molecule has 2 N–H and O–H groups in total. The van der Waals surface area contributed by atoms with E-state index in [4.69, 9.17) is 0 Å². The standard InChI is InChI=1S/C21H25N5/c1-14-7-6-8-18(15(14)2)24-20-25-19(13-22-26-20)23-17-11-9-16(10-12-17)21(3,4)5/h6-13H,1-5H3,(H2,23,24,25,26). The zero-order chi connectivity index (χ0) is 18.7. The Morgan fingerprint density at radius 3 is 2.31 bits per heavy atom. The van der Waals surface area contributed by atoms with Gasteiger partial charge in [-0.3, -0.25) is 0 Å². The molecule has 0 saturated heterocycles. The van der Waals surface area contributed by atoms with Crippen LogP contribution in [0.2, 0.25) is 0 Å². The summed E-state index contributed by atoms with van der Waals surface area (Å²) in [6, 6.07) is 14.5. The molecule has 0 amide bonds. The molecule has 0 radical (unpaired) electrons. The molecule has 1 aromatic heterocycles. The normalized spacial score (nSPS) is 11.3. The van der Waals surface area contributed by atoms with Crippen LogP contribution in [0.5, 0.6) is 0 Å². The number of hydrogen-bond donors (Lipinski definition) is 2. The van der Waals surface area contributed by atoms with Crippen LogP contribution in [0.25, 0.3) is 0 Å². The van der Waals surface area contributed by atoms with Crippen LogP contribution in [0.4, 0.5) is 23.1 Å². The first-order chi connectivity index (χ1) is 12.3. The van der Waals surface area contributed by atoms with Crippen molar-refractivity contribution >= 4 is 23.1 Å². The largest absolute Gasteiger partial charge is 0.339 e. The highest BCUT2D eigenvalue weighted by molar-refractivity contribution is 5.62. The number of nitrogens with one attached hydrogen (secondary N) is 2. The lowest BCUT2D eigenvalue weighted by Crippen LogP contribution is -2.10. The maximum atomic E-state index is 4.51. The molecule has 5 heteroatoms. The van der Waals surface area contributed by atoms with Crippen molar-refractivity contribution in [1.82, 2.24) is 15.2 Å². The molecule has 1 heterocycles. The van der Waals surface area contributed by atoms with Gasteiger partial charge in [0.15, 0.2) is 5.82 Å². The molecule has 3 aromatic rings. The summed E-state index contributed by atoms with van der Waals surface area (Å²) in [4.78, 5) is 4.51. The van der Waals surface area contributed by atoms with Crippen LogP contribution in [0.15, 0.2) is 48.7 Å². The highest BCUT2D eigenvalue weighted by Crippen LogP contribution is 2.25. The molecule has 0 fully saturated rings. The van der Waals surface area contributed by atoms with Crippen LogP contribution in [-0.2, 0) is 5.41 Å². The molecule has 26 heavy (non-hydrogen) atoms. The lowest BCUT2D eigenvalue weighted by molar-refractivity contribution is 0.590. The number of benzene rings is 2. The van der Waals surface area contributed by atoms with E-state index < -0.39 is 0 Å². The lowest BCUT2D eigenvalue weighted by Gasteiger charge is -2.19. The van der Waals surface area contributed by atoms with E-state index in [1.165, 1.54) is 16.7 Å². The van der Waals surface area contributed by atoms with Crippen molar-refractivity contribution < 1.29 is 0 Å². The smallest absolute Gasteiger partial charge is 0.249 e. The van der Waals surface area contributed by atoms with Gasteiger partial charge in [-0.2, -0.15) is 10.1 Å². The van der Waals surface area contributed by atoms with Gasteiger partial charge in [0.05, 0.1) is 6.20 Å². The van der Waals surface area contributed by atoms with Gasteiger partial charge in [-0.15, -0.1) is 5.10 Å². The predicted octanol–water partition coefficient (Wildman–Crippen LogP) is 5.27. The highest BCUT2D eigenvalue weighted by atomic mass is 15.3. The summed E-state index contributed by atoms with van der Waals surface area (Å²) in [7, 11) is 0. The van der Waals surface area contributed by atoms with Crippen LogP contribution in [-0.4, -0.2) is 15.2 Å². The Morgan fingerprint density at radius 1 is 0.885 bits per heavy atom. The number of aryl methyl sites for hydroxylation is 1. The molecule has 2 aromatic carbocycles. The van der Waals surface area contributed by atoms with Gasteiger partial charge < -0.3 is 10.6 Å². The number of anilines is 4. The summed E-state index contributed by atoms with van der Waals surface area (Å²) in [5.41, 5.74) is 5.77. The van der Waals surface area contributed by atoms with E-state index in [1.807, 2.05) is 12.1 Å². The van der Waals surface area contributed by atoms with E-state index in [-0.39, 0.29) is 5.41 Å². The third-order valence-electron chi connectivity index (χ3n) is 4.43. The van der Waals surface area contributed by atoms with Crippen LogP contribution in [0.1, 0.15) is 37.5 Å². The second-order valence-electron chi connectivity index (χ2n) is 7.49. The van der Waals surface area contributed by atoms with Crippen molar-refractivity contribution in [1.29, 1.82) is 0 Å². The monoisotopic (exact) mass is 347 g/mol. The summed E-state index contributed by atoms with van der Waals surface area (Å²) >= 11 is 0. The third kappa shape index (κ3) is 4.17. The minimum Gasteiger partial charge on any atom is -0.339 e. The maximum absolute atomic E-state index is 4.51. The average Bonchev–Trinajstić information content (AvgIpc) is 2.59. The van der Waals surface area contributed by atoms with Crippen molar-refractivity contribution in [2.75, 3.05) is 10.6 Å². The summed E-state index contributed by atoms with van der Waals surface area (Å²) in [5, 5.41) is 14.7. The number of hydrogen-bond acceptors (Lipinski definition) is 5. The van der Waals surface area contributed by atoms with Crippen molar-refractivity contribution in [2.45, 2.75) is 40.0 Å². The summed E-state index contributed by atoms with van der Waals surface area (Å²) in [6.07, 6.45) is 1.62. The molecule has 0 saturated carbocycles. The number of rotatable bonds is 4. The lowest BCUT2D eigenvalue weighted by atomic mass is 9.87. The zero-order valence-electron chi connectivity index (χ0n) is 16.0. The second kappa shape index (κ2) is 7.12. The zero-order valence-corrected chi connectivity index (χ0v) is 16.0. The molecule has 5 nitrogen and oxygen atoms in total. The van der Waals surface area contributed by atoms with Gasteiger partial charge in [0.1, 0.15) is 0 Å². The summed E-state index contributed by atoms with van der Waals surface area (Å²) in [5.74, 6) is 1.12. The van der Waals surface area contributed by atoms with Crippen LogP contribution < -0.4 is 10.6 Å². The van der Waals surface area contributed by atoms with Gasteiger partial charge in [0, 0.05) is 11.4 Å². The van der Waals surface area contributed by atoms with Crippen molar-refractivity contribution in [3.8, 4) is 0 Å². The van der Waals surface area contributed by atoms with Gasteiger partial charge in [-0.25, -0.2) is 0 Å². The van der Waals surface area contributed by atoms with E-state index in [0.717, 1.165) is 11.4 Å². The van der Waals surface area contributed by atoms with E-state index in [0.29, 0.717) is 11.8 Å². The first-order valence-corrected chi connectivity index (χ1v) is 8.73. The first-order valence-electron chi connectivity index (χ1n) is 8.73. The Morgan fingerprint density at radius 2 is 1.62 bits per heavy atom. The minimum atomic E-state index is 0.137. The Kier molecular flexibility index (Phi) is 4.89. The quantitative estimate of drug-likeness (QED) is 0.673. The summed E-state index contributed by atoms with van der Waals surface area (Å²) < 4.78 is 0. The third-order valence-corrected chi connectivity index (χ3v) is 4.43. The van der Waals surface area contributed by atoms with E-state index in [9.17, 15) is 0 Å². The molecule has 0 aliphatic heterocycles. The molecule has 0 aliphatic rings. The Balaban J connectivity index is 1.76. The Hall–Kier alpha value is -2.95. The molecule has 3 rings (SSSR count). The fraction of sp³-hybridized carbons (Fsp3) is 0.286. The average molecular weight is 347 g/mol. The molecule has 0 unspecified atom stereocenters. The van der Waals surface area contributed by atoms with Crippen LogP contribution >= 0.6 is 0 Å². The van der Waals surface area contributed by atoms with E-state index in [2.05, 4.69) is 90.8 Å². The Labute approximate surface area is 154 Å². The predicted molar refractivity (Wildman–Crippen MR) is 107 cm³/mol. The highest BCUT2D eigenvalue weighted by Gasteiger charge is 2.13. The molecule has 0 bridgehead atoms. The molecular weight excluding hydrogens is 322 g/mol. The van der Waals surface area contributed by atoms with E-state index in [1.54, 1.807) is 6.20 Å². The fourth-order valence-electron chi connectivity index (χ4n) is 2.63. The van der Waals surface area contributed by atoms with Crippen molar-refractivity contribution in [3.05, 3.63) is 65.4 Å². The van der Waals surface area contributed by atoms with Crippen molar-refractivity contribution in [3.63, 3.8) is 0 Å². The van der Waals surface area contributed by atoms with Gasteiger partial charge in [-0.05, 0) is 54.2 Å². The van der Waals surface area contributed by atoms with Crippen LogP contribution in [0, 0.1) is 13.8 Å². The van der Waals surface area contributed by atoms with Gasteiger partial charge in [-0.1, -0.05) is 45.0 Å². The molecule has 0 spiro atoms. The fourth-order valence-corrected chi connectivity index (χ4v) is 2.63. The second-order valence-corrected chi connectivity index (χ2v) is 7.49. The maximum Gasteiger partial charge on any atom is 0.249 e. The number of nitrogens with zero attached hydrogens (tertiary/aromatic N) is 3. The van der Waals surface area contributed by atoms with Gasteiger partial charge >= 0.3 is 0 Å². The van der Waals surface area contributed by atoms with Gasteiger partial charge in [0.2, 0.25) is 5.95 Å². The minimum absolute atomic E-state index is 0.137. The SMILES string of the molecule is Cc1cccc(Nc2nncc(Nc3ccc(C(C)(C)C)cc3)n2)c1C. The topological polar surface area (TPSA) is 62.7 Å². The Bertz CT molecular complexity index is 895. The molecule has 134 valence electrons. The van der Waals surface area contributed by atoms with E-state index >= 15 is 0 Å². The van der Waals surface area contributed by atoms with Gasteiger partial charge in [0.25, 0.3) is 0 Å². The number of aromatic nitrogens is 3. The molecular formula is C21H25N5. The van der Waals surface area contributed by atoms with Crippen molar-refractivity contribution in [2.24, 2.45) is 0 Å².